The van der Waals surface area contributed by atoms with Crippen molar-refractivity contribution in [2.24, 2.45) is 5.92 Å². The highest BCUT2D eigenvalue weighted by molar-refractivity contribution is 5.27. The van der Waals surface area contributed by atoms with Crippen LogP contribution in [0.3, 0.4) is 0 Å². The molecule has 0 spiro atoms. The summed E-state index contributed by atoms with van der Waals surface area (Å²) in [5.41, 5.74) is 1.40. The van der Waals surface area contributed by atoms with Crippen LogP contribution in [-0.4, -0.2) is 19.7 Å². The quantitative estimate of drug-likeness (QED) is 0.697. The molecule has 1 aromatic carbocycles. The molecule has 2 nitrogen and oxygen atoms in total. The molecule has 0 heterocycles. The Hall–Kier alpha value is -1.02. The second-order valence-electron chi connectivity index (χ2n) is 4.89. The van der Waals surface area contributed by atoms with Crippen LogP contribution >= 0.6 is 0 Å². The highest BCUT2D eigenvalue weighted by atomic mass is 16.5. The molecule has 1 N–H and O–H groups in total. The van der Waals surface area contributed by atoms with Gasteiger partial charge in [0.2, 0.25) is 0 Å². The summed E-state index contributed by atoms with van der Waals surface area (Å²) in [7, 11) is 0. The summed E-state index contributed by atoms with van der Waals surface area (Å²) < 4.78 is 5.68. The Morgan fingerprint density at radius 1 is 1.24 bits per heavy atom. The first-order valence-corrected chi connectivity index (χ1v) is 6.81. The van der Waals surface area contributed by atoms with E-state index in [0.717, 1.165) is 31.2 Å². The maximum atomic E-state index is 5.68. The number of nitrogens with one attached hydrogen (secondary N) is 1. The maximum Gasteiger partial charge on any atom is 0.119 e. The van der Waals surface area contributed by atoms with Gasteiger partial charge in [-0.1, -0.05) is 25.5 Å². The number of hydrogen-bond donors (Lipinski definition) is 1. The minimum Gasteiger partial charge on any atom is -0.492 e. The molecule has 0 saturated heterocycles. The molecule has 94 valence electrons. The summed E-state index contributed by atoms with van der Waals surface area (Å²) in [6, 6.07) is 8.48. The molecule has 1 fully saturated rings. The van der Waals surface area contributed by atoms with E-state index >= 15 is 0 Å². The van der Waals surface area contributed by atoms with Gasteiger partial charge < -0.3 is 10.1 Å². The molecule has 0 radical (unpaired) electrons. The van der Waals surface area contributed by atoms with Crippen LogP contribution in [0.15, 0.2) is 24.3 Å². The Labute approximate surface area is 104 Å². The molecule has 1 aliphatic carbocycles. The monoisotopic (exact) mass is 233 g/mol. The van der Waals surface area contributed by atoms with Gasteiger partial charge in [-0.2, -0.15) is 0 Å². The summed E-state index contributed by atoms with van der Waals surface area (Å²) in [6.07, 6.45) is 5.17. The van der Waals surface area contributed by atoms with Gasteiger partial charge in [-0.25, -0.2) is 0 Å². The van der Waals surface area contributed by atoms with E-state index < -0.39 is 0 Å². The molecule has 0 amide bonds. The smallest absolute Gasteiger partial charge is 0.119 e. The highest BCUT2D eigenvalue weighted by Crippen LogP contribution is 2.27. The zero-order chi connectivity index (χ0) is 11.9. The lowest BCUT2D eigenvalue weighted by Crippen LogP contribution is -2.23. The average molecular weight is 233 g/mol. The van der Waals surface area contributed by atoms with Crippen molar-refractivity contribution in [1.29, 1.82) is 0 Å². The number of benzene rings is 1. The maximum absolute atomic E-state index is 5.68. The first kappa shape index (κ1) is 12.4. The molecule has 0 aliphatic heterocycles. The topological polar surface area (TPSA) is 21.3 Å². The first-order chi connectivity index (χ1) is 8.38. The largest absolute Gasteiger partial charge is 0.492 e. The van der Waals surface area contributed by atoms with E-state index in [4.69, 9.17) is 4.74 Å². The predicted octanol–water partition coefficient (Wildman–Crippen LogP) is 3.02. The molecule has 17 heavy (non-hydrogen) atoms. The standard InChI is InChI=1S/C15H23NO/c1-2-3-13-6-8-15(9-7-13)17-11-10-16-12-14-4-5-14/h6-9,14,16H,2-5,10-12H2,1H3. The Bertz CT molecular complexity index is 316. The van der Waals surface area contributed by atoms with Gasteiger partial charge in [-0.3, -0.25) is 0 Å². The van der Waals surface area contributed by atoms with Crippen LogP contribution in [0.5, 0.6) is 5.75 Å². The molecule has 1 aliphatic rings. The molecule has 0 atom stereocenters. The van der Waals surface area contributed by atoms with E-state index in [1.54, 1.807) is 0 Å². The second kappa shape index (κ2) is 6.65. The van der Waals surface area contributed by atoms with E-state index in [-0.39, 0.29) is 0 Å². The Balaban J connectivity index is 1.60. The number of rotatable bonds is 8. The van der Waals surface area contributed by atoms with Crippen molar-refractivity contribution >= 4 is 0 Å². The lowest BCUT2D eigenvalue weighted by Gasteiger charge is -2.07. The second-order valence-corrected chi connectivity index (χ2v) is 4.89. The van der Waals surface area contributed by atoms with Crippen LogP contribution in [0.4, 0.5) is 0 Å². The van der Waals surface area contributed by atoms with Crippen molar-refractivity contribution in [3.63, 3.8) is 0 Å². The van der Waals surface area contributed by atoms with Crippen molar-refractivity contribution in [1.82, 2.24) is 5.32 Å². The summed E-state index contributed by atoms with van der Waals surface area (Å²) in [5.74, 6) is 1.93. The van der Waals surface area contributed by atoms with Crippen molar-refractivity contribution in [2.75, 3.05) is 19.7 Å². The molecule has 2 heteroatoms. The Morgan fingerprint density at radius 2 is 2.00 bits per heavy atom. The van der Waals surface area contributed by atoms with E-state index in [1.165, 1.54) is 31.4 Å². The third-order valence-electron chi connectivity index (χ3n) is 3.14. The summed E-state index contributed by atoms with van der Waals surface area (Å²) in [6.45, 7) is 5.09. The zero-order valence-corrected chi connectivity index (χ0v) is 10.7. The van der Waals surface area contributed by atoms with Gasteiger partial charge >= 0.3 is 0 Å². The van der Waals surface area contributed by atoms with E-state index in [1.807, 2.05) is 0 Å². The SMILES string of the molecule is CCCc1ccc(OCCNCC2CC2)cc1. The summed E-state index contributed by atoms with van der Waals surface area (Å²) in [4.78, 5) is 0. The molecule has 0 aromatic heterocycles. The van der Waals surface area contributed by atoms with Gasteiger partial charge in [-0.15, -0.1) is 0 Å². The first-order valence-electron chi connectivity index (χ1n) is 6.81. The molecule has 0 unspecified atom stereocenters. The van der Waals surface area contributed by atoms with Crippen LogP contribution in [-0.2, 0) is 6.42 Å². The number of aryl methyl sites for hydroxylation is 1. The fraction of sp³-hybridized carbons (Fsp3) is 0.600. The summed E-state index contributed by atoms with van der Waals surface area (Å²) in [5, 5.41) is 3.42. The van der Waals surface area contributed by atoms with Gasteiger partial charge in [0.25, 0.3) is 0 Å². The molecule has 1 aromatic rings. The highest BCUT2D eigenvalue weighted by Gasteiger charge is 2.19. The van der Waals surface area contributed by atoms with Crippen molar-refractivity contribution in [2.45, 2.75) is 32.6 Å². The summed E-state index contributed by atoms with van der Waals surface area (Å²) >= 11 is 0. The minimum absolute atomic E-state index is 0.764. The van der Waals surface area contributed by atoms with Crippen molar-refractivity contribution in [3.8, 4) is 5.75 Å². The van der Waals surface area contributed by atoms with Gasteiger partial charge in [0.15, 0.2) is 0 Å². The fourth-order valence-corrected chi connectivity index (χ4v) is 1.91. The number of hydrogen-bond acceptors (Lipinski definition) is 2. The molecule has 0 bridgehead atoms. The van der Waals surface area contributed by atoms with Gasteiger partial charge in [0.1, 0.15) is 12.4 Å². The van der Waals surface area contributed by atoms with Crippen LogP contribution in [0.1, 0.15) is 31.7 Å². The fourth-order valence-electron chi connectivity index (χ4n) is 1.91. The van der Waals surface area contributed by atoms with Gasteiger partial charge in [0, 0.05) is 6.54 Å². The van der Waals surface area contributed by atoms with Crippen LogP contribution in [0.2, 0.25) is 0 Å². The van der Waals surface area contributed by atoms with Gasteiger partial charge in [0.05, 0.1) is 0 Å². The van der Waals surface area contributed by atoms with E-state index in [9.17, 15) is 0 Å². The van der Waals surface area contributed by atoms with E-state index in [2.05, 4.69) is 36.5 Å². The van der Waals surface area contributed by atoms with Gasteiger partial charge in [-0.05, 0) is 49.4 Å². The Morgan fingerprint density at radius 3 is 2.65 bits per heavy atom. The minimum atomic E-state index is 0.764. The zero-order valence-electron chi connectivity index (χ0n) is 10.7. The van der Waals surface area contributed by atoms with Crippen LogP contribution in [0, 0.1) is 5.92 Å². The molecular weight excluding hydrogens is 210 g/mol. The Kier molecular flexibility index (Phi) is 4.87. The van der Waals surface area contributed by atoms with Crippen molar-refractivity contribution < 1.29 is 4.74 Å². The lowest BCUT2D eigenvalue weighted by molar-refractivity contribution is 0.313. The van der Waals surface area contributed by atoms with Crippen molar-refractivity contribution in [3.05, 3.63) is 29.8 Å². The van der Waals surface area contributed by atoms with Crippen LogP contribution in [0.25, 0.3) is 0 Å². The van der Waals surface area contributed by atoms with E-state index in [0.29, 0.717) is 0 Å². The third kappa shape index (κ3) is 4.78. The number of ether oxygens (including phenoxy) is 1. The molecule has 1 saturated carbocycles. The normalized spacial score (nSPS) is 14.9. The molecule has 2 rings (SSSR count). The predicted molar refractivity (Wildman–Crippen MR) is 71.5 cm³/mol. The molecular formula is C15H23NO. The third-order valence-corrected chi connectivity index (χ3v) is 3.14. The average Bonchev–Trinajstić information content (AvgIpc) is 3.15. The lowest BCUT2D eigenvalue weighted by atomic mass is 10.1. The van der Waals surface area contributed by atoms with Crippen LogP contribution < -0.4 is 10.1 Å².